The van der Waals surface area contributed by atoms with E-state index in [1.54, 1.807) is 12.2 Å². The van der Waals surface area contributed by atoms with Crippen molar-refractivity contribution in [2.24, 2.45) is 22.7 Å². The molecule has 5 rings (SSSR count). The van der Waals surface area contributed by atoms with Crippen LogP contribution in [0.25, 0.3) is 0 Å². The quantitative estimate of drug-likeness (QED) is 0.269. The molecule has 8 atom stereocenters. The van der Waals surface area contributed by atoms with Crippen LogP contribution < -0.4 is 0 Å². The average Bonchev–Trinajstić information content (AvgIpc) is 3.66. The van der Waals surface area contributed by atoms with Crippen LogP contribution in [0.5, 0.6) is 0 Å². The zero-order valence-corrected chi connectivity index (χ0v) is 24.2. The Morgan fingerprint density at radius 3 is 2.46 bits per heavy atom. The minimum atomic E-state index is -0.573. The van der Waals surface area contributed by atoms with E-state index in [1.807, 2.05) is 19.1 Å². The van der Waals surface area contributed by atoms with Gasteiger partial charge in [-0.3, -0.25) is 0 Å². The molecule has 0 N–H and O–H groups in total. The summed E-state index contributed by atoms with van der Waals surface area (Å²) in [6.07, 6.45) is 12.7. The molecule has 0 aromatic heterocycles. The van der Waals surface area contributed by atoms with Crippen molar-refractivity contribution in [1.29, 1.82) is 0 Å². The van der Waals surface area contributed by atoms with E-state index in [0.717, 1.165) is 18.4 Å². The lowest BCUT2D eigenvalue weighted by atomic mass is 9.51. The summed E-state index contributed by atoms with van der Waals surface area (Å²) in [7, 11) is 0. The van der Waals surface area contributed by atoms with Crippen LogP contribution in [0.4, 0.5) is 0 Å². The zero-order chi connectivity index (χ0) is 28.0. The monoisotopic (exact) mass is 540 g/mol. The first kappa shape index (κ1) is 28.3. The lowest BCUT2D eigenvalue weighted by molar-refractivity contribution is -0.232. The van der Waals surface area contributed by atoms with Gasteiger partial charge in [-0.15, -0.1) is 0 Å². The van der Waals surface area contributed by atoms with E-state index < -0.39 is 28.5 Å². The van der Waals surface area contributed by atoms with Gasteiger partial charge in [0.25, 0.3) is 0 Å². The van der Waals surface area contributed by atoms with Gasteiger partial charge in [0.15, 0.2) is 0 Å². The van der Waals surface area contributed by atoms with Crippen LogP contribution in [0.1, 0.15) is 67.2 Å². The molecule has 2 bridgehead atoms. The van der Waals surface area contributed by atoms with Gasteiger partial charge in [0.05, 0.1) is 36.9 Å². The van der Waals surface area contributed by atoms with Gasteiger partial charge in [0, 0.05) is 24.0 Å². The lowest BCUT2D eigenvalue weighted by Gasteiger charge is -2.58. The number of esters is 2. The third kappa shape index (κ3) is 4.85. The number of allylic oxidation sites excluding steroid dienone is 3. The second-order valence-corrected chi connectivity index (χ2v) is 12.8. The second kappa shape index (κ2) is 10.6. The number of ether oxygens (including phenoxy) is 5. The Morgan fingerprint density at radius 1 is 0.974 bits per heavy atom. The summed E-state index contributed by atoms with van der Waals surface area (Å²) in [4.78, 5) is 26.1. The van der Waals surface area contributed by atoms with E-state index in [2.05, 4.69) is 40.7 Å². The molecule has 8 unspecified atom stereocenters. The van der Waals surface area contributed by atoms with Crippen molar-refractivity contribution in [3.63, 3.8) is 0 Å². The standard InChI is InChI=1S/C32H44O7/c1-20(2)23(5)24-9-7-8-10-28(33)39-25-17-27-32(19-37-32)30(25,6)31(13-11-21(3)15-26(31)38-27)18-36-29(34)16-22(4)12-14-35-24/h7-10,15-16,20,23-27H,11-14,17-19H2,1-6H3/b9-7+,10-8-,22-16+. The summed E-state index contributed by atoms with van der Waals surface area (Å²) in [5, 5.41) is 0. The molecule has 5 aliphatic rings. The zero-order valence-electron chi connectivity index (χ0n) is 24.2. The van der Waals surface area contributed by atoms with Gasteiger partial charge in [-0.05, 0) is 44.9 Å². The van der Waals surface area contributed by atoms with E-state index in [4.69, 9.17) is 23.7 Å². The minimum absolute atomic E-state index is 0.110. The summed E-state index contributed by atoms with van der Waals surface area (Å²) in [6, 6.07) is 0. The number of carbonyl (C=O) groups excluding carboxylic acids is 2. The Kier molecular flexibility index (Phi) is 7.72. The Hall–Kier alpha value is -2.22. The Labute approximate surface area is 232 Å². The summed E-state index contributed by atoms with van der Waals surface area (Å²) in [5.41, 5.74) is 0.497. The first-order valence-electron chi connectivity index (χ1n) is 14.5. The molecule has 3 aliphatic heterocycles. The fourth-order valence-electron chi connectivity index (χ4n) is 7.25. The average molecular weight is 541 g/mol. The van der Waals surface area contributed by atoms with Crippen molar-refractivity contribution in [3.8, 4) is 0 Å². The number of hydrogen-bond acceptors (Lipinski definition) is 7. The van der Waals surface area contributed by atoms with Crippen LogP contribution in [0.3, 0.4) is 0 Å². The first-order valence-corrected chi connectivity index (χ1v) is 14.5. The fraction of sp³-hybridized carbons (Fsp3) is 0.688. The van der Waals surface area contributed by atoms with Crippen molar-refractivity contribution in [2.45, 2.75) is 97.2 Å². The molecule has 7 nitrogen and oxygen atoms in total. The van der Waals surface area contributed by atoms with Crippen LogP contribution in [0.15, 0.2) is 47.6 Å². The molecule has 0 aromatic rings. The largest absolute Gasteiger partial charge is 0.462 e. The predicted octanol–water partition coefficient (Wildman–Crippen LogP) is 5.25. The van der Waals surface area contributed by atoms with Crippen molar-refractivity contribution < 1.29 is 33.3 Å². The smallest absolute Gasteiger partial charge is 0.331 e. The third-order valence-corrected chi connectivity index (χ3v) is 10.3. The third-order valence-electron chi connectivity index (χ3n) is 10.3. The Bertz CT molecular complexity index is 1100. The molecule has 7 heteroatoms. The highest BCUT2D eigenvalue weighted by Crippen LogP contribution is 2.72. The fourth-order valence-corrected chi connectivity index (χ4v) is 7.25. The van der Waals surface area contributed by atoms with Crippen LogP contribution in [0, 0.1) is 22.7 Å². The Balaban J connectivity index is 1.49. The van der Waals surface area contributed by atoms with Crippen LogP contribution in [0.2, 0.25) is 0 Å². The van der Waals surface area contributed by atoms with Crippen molar-refractivity contribution >= 4 is 11.9 Å². The molecule has 214 valence electrons. The lowest BCUT2D eigenvalue weighted by Crippen LogP contribution is -2.66. The number of epoxide rings is 1. The molecule has 0 amide bonds. The van der Waals surface area contributed by atoms with E-state index in [9.17, 15) is 9.59 Å². The van der Waals surface area contributed by atoms with Crippen LogP contribution >= 0.6 is 0 Å². The van der Waals surface area contributed by atoms with Crippen molar-refractivity contribution in [2.75, 3.05) is 19.8 Å². The molecule has 3 heterocycles. The predicted molar refractivity (Wildman–Crippen MR) is 147 cm³/mol. The molecule has 2 aliphatic carbocycles. The number of hydrogen-bond donors (Lipinski definition) is 0. The Morgan fingerprint density at radius 2 is 1.74 bits per heavy atom. The molecule has 0 aromatic carbocycles. The molecule has 2 spiro atoms. The van der Waals surface area contributed by atoms with Crippen LogP contribution in [-0.4, -0.2) is 61.8 Å². The van der Waals surface area contributed by atoms with Crippen LogP contribution in [-0.2, 0) is 33.3 Å². The van der Waals surface area contributed by atoms with E-state index in [1.165, 1.54) is 11.6 Å². The van der Waals surface area contributed by atoms with Gasteiger partial charge in [-0.1, -0.05) is 63.1 Å². The normalized spacial score (nSPS) is 44.6. The highest BCUT2D eigenvalue weighted by atomic mass is 16.6. The molecule has 39 heavy (non-hydrogen) atoms. The molecule has 3 fully saturated rings. The molecular weight excluding hydrogens is 496 g/mol. The number of cyclic esters (lactones) is 1. The second-order valence-electron chi connectivity index (χ2n) is 12.8. The first-order chi connectivity index (χ1) is 18.5. The van der Waals surface area contributed by atoms with Gasteiger partial charge in [0.2, 0.25) is 0 Å². The van der Waals surface area contributed by atoms with E-state index >= 15 is 0 Å². The van der Waals surface area contributed by atoms with Gasteiger partial charge in [-0.2, -0.15) is 0 Å². The summed E-state index contributed by atoms with van der Waals surface area (Å²) >= 11 is 0. The van der Waals surface area contributed by atoms with Gasteiger partial charge >= 0.3 is 11.9 Å². The number of rotatable bonds is 2. The SMILES string of the molecule is CC1=CC2OC3CC4OC(=O)/C=C\C=C\C(C(C)C(C)C)OCC/C(C)=C/C(=O)OCC2(CC1)C4(C)C31CO1. The topological polar surface area (TPSA) is 83.6 Å². The molecule has 2 saturated heterocycles. The minimum Gasteiger partial charge on any atom is -0.462 e. The van der Waals surface area contributed by atoms with Crippen molar-refractivity contribution in [3.05, 3.63) is 47.6 Å². The highest BCUT2D eigenvalue weighted by molar-refractivity contribution is 5.83. The summed E-state index contributed by atoms with van der Waals surface area (Å²) in [6.45, 7) is 13.9. The van der Waals surface area contributed by atoms with E-state index in [0.29, 0.717) is 32.0 Å². The highest BCUT2D eigenvalue weighted by Gasteiger charge is 2.83. The van der Waals surface area contributed by atoms with Gasteiger partial charge in [0.1, 0.15) is 18.3 Å². The summed E-state index contributed by atoms with van der Waals surface area (Å²) < 4.78 is 31.2. The maximum atomic E-state index is 13.1. The molecule has 0 radical (unpaired) electrons. The molecule has 1 saturated carbocycles. The molecular formula is C32H44O7. The van der Waals surface area contributed by atoms with Crippen molar-refractivity contribution in [1.82, 2.24) is 0 Å². The summed E-state index contributed by atoms with van der Waals surface area (Å²) in [5.74, 6) is -0.0546. The number of carbonyl (C=O) groups is 2. The van der Waals surface area contributed by atoms with Gasteiger partial charge < -0.3 is 23.7 Å². The maximum Gasteiger partial charge on any atom is 0.331 e. The maximum absolute atomic E-state index is 13.1. The van der Waals surface area contributed by atoms with E-state index in [-0.39, 0.29) is 36.8 Å². The van der Waals surface area contributed by atoms with Gasteiger partial charge in [-0.25, -0.2) is 9.59 Å².